The van der Waals surface area contributed by atoms with Gasteiger partial charge in [-0.25, -0.2) is 4.39 Å². The van der Waals surface area contributed by atoms with Crippen LogP contribution in [0.25, 0.3) is 0 Å². The zero-order chi connectivity index (χ0) is 17.6. The SMILES string of the molecule is Cn1cc(C(Nc2ccc(OCCO)cc2)c2cccc(F)c2)cn1. The molecule has 0 saturated heterocycles. The molecule has 25 heavy (non-hydrogen) atoms. The van der Waals surface area contributed by atoms with Crippen molar-refractivity contribution < 1.29 is 14.2 Å². The molecule has 130 valence electrons. The van der Waals surface area contributed by atoms with E-state index in [9.17, 15) is 4.39 Å². The first-order chi connectivity index (χ1) is 12.2. The van der Waals surface area contributed by atoms with Crippen molar-refractivity contribution in [2.75, 3.05) is 18.5 Å². The molecular weight excluding hydrogens is 321 g/mol. The van der Waals surface area contributed by atoms with Gasteiger partial charge < -0.3 is 15.2 Å². The van der Waals surface area contributed by atoms with Crippen molar-refractivity contribution in [3.05, 3.63) is 77.9 Å². The molecule has 0 bridgehead atoms. The summed E-state index contributed by atoms with van der Waals surface area (Å²) >= 11 is 0. The molecule has 1 heterocycles. The van der Waals surface area contributed by atoms with Gasteiger partial charge in [0.25, 0.3) is 0 Å². The number of aliphatic hydroxyl groups excluding tert-OH is 1. The van der Waals surface area contributed by atoms with E-state index in [1.807, 2.05) is 43.6 Å². The average Bonchev–Trinajstić information content (AvgIpc) is 3.05. The molecule has 1 aromatic heterocycles. The van der Waals surface area contributed by atoms with Gasteiger partial charge in [0.15, 0.2) is 0 Å². The summed E-state index contributed by atoms with van der Waals surface area (Å²) < 4.78 is 20.8. The number of hydrogen-bond acceptors (Lipinski definition) is 4. The highest BCUT2D eigenvalue weighted by Crippen LogP contribution is 2.27. The van der Waals surface area contributed by atoms with Crippen molar-refractivity contribution in [3.63, 3.8) is 0 Å². The molecule has 1 unspecified atom stereocenters. The first kappa shape index (κ1) is 17.0. The lowest BCUT2D eigenvalue weighted by Crippen LogP contribution is -2.12. The van der Waals surface area contributed by atoms with Crippen molar-refractivity contribution in [1.29, 1.82) is 0 Å². The number of nitrogens with one attached hydrogen (secondary N) is 1. The van der Waals surface area contributed by atoms with Crippen molar-refractivity contribution in [2.45, 2.75) is 6.04 Å². The van der Waals surface area contributed by atoms with E-state index in [4.69, 9.17) is 9.84 Å². The smallest absolute Gasteiger partial charge is 0.123 e. The summed E-state index contributed by atoms with van der Waals surface area (Å²) in [7, 11) is 1.85. The maximum Gasteiger partial charge on any atom is 0.123 e. The number of hydrogen-bond donors (Lipinski definition) is 2. The Balaban J connectivity index is 1.85. The molecule has 0 aliphatic rings. The molecule has 0 aliphatic heterocycles. The normalized spacial score (nSPS) is 12.0. The van der Waals surface area contributed by atoms with Crippen molar-refractivity contribution >= 4 is 5.69 Å². The van der Waals surface area contributed by atoms with Crippen molar-refractivity contribution in [1.82, 2.24) is 9.78 Å². The Bertz CT molecular complexity index is 818. The largest absolute Gasteiger partial charge is 0.491 e. The molecule has 3 rings (SSSR count). The molecule has 1 atom stereocenters. The lowest BCUT2D eigenvalue weighted by molar-refractivity contribution is 0.201. The molecule has 3 aromatic rings. The third-order valence-corrected chi connectivity index (χ3v) is 3.77. The summed E-state index contributed by atoms with van der Waals surface area (Å²) in [4.78, 5) is 0. The number of aliphatic hydroxyl groups is 1. The number of aromatic nitrogens is 2. The van der Waals surface area contributed by atoms with Gasteiger partial charge in [-0.3, -0.25) is 4.68 Å². The number of aryl methyl sites for hydroxylation is 1. The van der Waals surface area contributed by atoms with Crippen molar-refractivity contribution in [3.8, 4) is 5.75 Å². The maximum atomic E-state index is 13.7. The highest BCUT2D eigenvalue weighted by atomic mass is 19.1. The number of benzene rings is 2. The van der Waals surface area contributed by atoms with Crippen LogP contribution in [-0.4, -0.2) is 28.1 Å². The molecule has 5 nitrogen and oxygen atoms in total. The van der Waals surface area contributed by atoms with Gasteiger partial charge in [0.2, 0.25) is 0 Å². The maximum absolute atomic E-state index is 13.7. The lowest BCUT2D eigenvalue weighted by atomic mass is 10.0. The first-order valence-electron chi connectivity index (χ1n) is 8.00. The third-order valence-electron chi connectivity index (χ3n) is 3.77. The minimum atomic E-state index is -0.277. The summed E-state index contributed by atoms with van der Waals surface area (Å²) in [6, 6.07) is 13.7. The second kappa shape index (κ2) is 7.81. The van der Waals surface area contributed by atoms with Crippen LogP contribution < -0.4 is 10.1 Å². The molecule has 0 spiro atoms. The van der Waals surface area contributed by atoms with Gasteiger partial charge in [-0.1, -0.05) is 12.1 Å². The summed E-state index contributed by atoms with van der Waals surface area (Å²) in [6.07, 6.45) is 3.67. The minimum absolute atomic E-state index is 0.0251. The monoisotopic (exact) mass is 341 g/mol. The molecular formula is C19H20FN3O2. The van der Waals surface area contributed by atoms with Gasteiger partial charge in [-0.15, -0.1) is 0 Å². The highest BCUT2D eigenvalue weighted by molar-refractivity contribution is 5.50. The van der Waals surface area contributed by atoms with Crippen LogP contribution in [0, 0.1) is 5.82 Å². The van der Waals surface area contributed by atoms with E-state index in [1.165, 1.54) is 12.1 Å². The Morgan fingerprint density at radius 1 is 1.20 bits per heavy atom. The van der Waals surface area contributed by atoms with Gasteiger partial charge in [0.05, 0.1) is 18.8 Å². The van der Waals surface area contributed by atoms with E-state index in [2.05, 4.69) is 10.4 Å². The number of halogens is 1. The molecule has 0 amide bonds. The topological polar surface area (TPSA) is 59.3 Å². The quantitative estimate of drug-likeness (QED) is 0.693. The van der Waals surface area contributed by atoms with Crippen LogP contribution in [0.3, 0.4) is 0 Å². The number of rotatable bonds is 7. The van der Waals surface area contributed by atoms with Gasteiger partial charge in [0, 0.05) is 24.5 Å². The summed E-state index contributed by atoms with van der Waals surface area (Å²) in [6.45, 7) is 0.233. The highest BCUT2D eigenvalue weighted by Gasteiger charge is 2.16. The molecule has 6 heteroatoms. The standard InChI is InChI=1S/C19H20FN3O2/c1-23-13-15(12-21-23)19(14-3-2-4-16(20)11-14)22-17-5-7-18(8-6-17)25-10-9-24/h2-8,11-13,19,22,24H,9-10H2,1H3. The summed E-state index contributed by atoms with van der Waals surface area (Å²) in [5, 5.41) is 16.4. The number of ether oxygens (including phenoxy) is 1. The van der Waals surface area contributed by atoms with E-state index < -0.39 is 0 Å². The fourth-order valence-electron chi connectivity index (χ4n) is 2.61. The fourth-order valence-corrected chi connectivity index (χ4v) is 2.61. The fraction of sp³-hybridized carbons (Fsp3) is 0.211. The van der Waals surface area contributed by atoms with Gasteiger partial charge in [-0.2, -0.15) is 5.10 Å². The molecule has 0 fully saturated rings. The molecule has 0 radical (unpaired) electrons. The van der Waals surface area contributed by atoms with Crippen LogP contribution in [0.4, 0.5) is 10.1 Å². The molecule has 0 saturated carbocycles. The van der Waals surface area contributed by atoms with Crippen LogP contribution in [0.1, 0.15) is 17.2 Å². The van der Waals surface area contributed by atoms with Crippen LogP contribution in [0.15, 0.2) is 60.9 Å². The second-order valence-electron chi connectivity index (χ2n) is 5.68. The van der Waals surface area contributed by atoms with Gasteiger partial charge >= 0.3 is 0 Å². The van der Waals surface area contributed by atoms with E-state index in [0.717, 1.165) is 16.8 Å². The Hall–Kier alpha value is -2.86. The number of nitrogens with zero attached hydrogens (tertiary/aromatic N) is 2. The molecule has 0 aliphatic carbocycles. The zero-order valence-electron chi connectivity index (χ0n) is 13.9. The Kier molecular flexibility index (Phi) is 5.30. The summed E-state index contributed by atoms with van der Waals surface area (Å²) in [5.41, 5.74) is 2.62. The molecule has 2 N–H and O–H groups in total. The van der Waals surface area contributed by atoms with E-state index in [1.54, 1.807) is 16.9 Å². The second-order valence-corrected chi connectivity index (χ2v) is 5.68. The summed E-state index contributed by atoms with van der Waals surface area (Å²) in [5.74, 6) is 0.407. The zero-order valence-corrected chi connectivity index (χ0v) is 13.9. The first-order valence-corrected chi connectivity index (χ1v) is 8.00. The number of anilines is 1. The molecule has 2 aromatic carbocycles. The van der Waals surface area contributed by atoms with E-state index in [-0.39, 0.29) is 25.1 Å². The predicted molar refractivity (Wildman–Crippen MR) is 94.1 cm³/mol. The lowest BCUT2D eigenvalue weighted by Gasteiger charge is -2.20. The van der Waals surface area contributed by atoms with Crippen LogP contribution in [0.2, 0.25) is 0 Å². The van der Waals surface area contributed by atoms with E-state index in [0.29, 0.717) is 5.75 Å². The van der Waals surface area contributed by atoms with Gasteiger partial charge in [-0.05, 0) is 42.0 Å². The average molecular weight is 341 g/mol. The van der Waals surface area contributed by atoms with Crippen LogP contribution >= 0.6 is 0 Å². The van der Waals surface area contributed by atoms with Crippen LogP contribution in [-0.2, 0) is 7.05 Å². The Morgan fingerprint density at radius 2 is 2.00 bits per heavy atom. The van der Waals surface area contributed by atoms with Gasteiger partial charge in [0.1, 0.15) is 18.2 Å². The van der Waals surface area contributed by atoms with Crippen molar-refractivity contribution in [2.24, 2.45) is 7.05 Å². The Labute approximate surface area is 145 Å². The van der Waals surface area contributed by atoms with E-state index >= 15 is 0 Å². The minimum Gasteiger partial charge on any atom is -0.491 e. The predicted octanol–water partition coefficient (Wildman–Crippen LogP) is 3.13. The Morgan fingerprint density at radius 3 is 2.64 bits per heavy atom. The third kappa shape index (κ3) is 4.36. The van der Waals surface area contributed by atoms with Crippen LogP contribution in [0.5, 0.6) is 5.75 Å².